The number of hydrogen-bond donors (Lipinski definition) is 2. The Hall–Kier alpha value is -3.03. The molecular formula is C17H13F3N2O3. The van der Waals surface area contributed by atoms with Crippen LogP contribution in [0, 0.1) is 13.8 Å². The van der Waals surface area contributed by atoms with Crippen LogP contribution in [0.15, 0.2) is 35.4 Å². The van der Waals surface area contributed by atoms with E-state index in [1.54, 1.807) is 12.1 Å². The van der Waals surface area contributed by atoms with Crippen LogP contribution < -0.4 is 5.56 Å². The first-order chi connectivity index (χ1) is 11.6. The lowest BCUT2D eigenvalue weighted by Gasteiger charge is -2.08. The van der Waals surface area contributed by atoms with E-state index in [1.807, 2.05) is 19.9 Å². The molecule has 0 spiro atoms. The van der Waals surface area contributed by atoms with Crippen LogP contribution >= 0.6 is 0 Å². The second-order valence-electron chi connectivity index (χ2n) is 5.77. The maximum absolute atomic E-state index is 13.2. The Morgan fingerprint density at radius 1 is 1.16 bits per heavy atom. The van der Waals surface area contributed by atoms with Crippen LogP contribution in [0.25, 0.3) is 16.8 Å². The minimum absolute atomic E-state index is 0.293. The van der Waals surface area contributed by atoms with Crippen LogP contribution in [0.5, 0.6) is 0 Å². The van der Waals surface area contributed by atoms with Crippen molar-refractivity contribution in [1.29, 1.82) is 0 Å². The number of fused-ring (bicyclic) bond motifs is 1. The lowest BCUT2D eigenvalue weighted by molar-refractivity contribution is -0.136. The average Bonchev–Trinajstić information content (AvgIpc) is 2.90. The molecule has 3 rings (SSSR count). The number of nitrogens with zero attached hydrogens (tertiary/aromatic N) is 1. The highest BCUT2D eigenvalue weighted by molar-refractivity contribution is 5.92. The molecule has 2 aromatic heterocycles. The summed E-state index contributed by atoms with van der Waals surface area (Å²) in [4.78, 5) is 25.8. The van der Waals surface area contributed by atoms with Crippen molar-refractivity contribution in [2.24, 2.45) is 0 Å². The van der Waals surface area contributed by atoms with E-state index in [0.717, 1.165) is 21.7 Å². The van der Waals surface area contributed by atoms with E-state index in [2.05, 4.69) is 4.98 Å². The van der Waals surface area contributed by atoms with Gasteiger partial charge in [0.2, 0.25) is 0 Å². The summed E-state index contributed by atoms with van der Waals surface area (Å²) >= 11 is 0. The van der Waals surface area contributed by atoms with Crippen molar-refractivity contribution in [2.75, 3.05) is 0 Å². The summed E-state index contributed by atoms with van der Waals surface area (Å²) in [5, 5.41) is 9.05. The van der Waals surface area contributed by atoms with Crippen molar-refractivity contribution >= 4 is 11.5 Å². The predicted octanol–water partition coefficient (Wildman–Crippen LogP) is 3.63. The van der Waals surface area contributed by atoms with Crippen LogP contribution in [0.4, 0.5) is 13.2 Å². The topological polar surface area (TPSA) is 74.6 Å². The summed E-state index contributed by atoms with van der Waals surface area (Å²) in [5.41, 5.74) is -1.27. The number of carboxylic acids is 1. The number of carbonyl (C=O) groups is 1. The molecule has 5 nitrogen and oxygen atoms in total. The van der Waals surface area contributed by atoms with Crippen LogP contribution in [-0.4, -0.2) is 20.5 Å². The Bertz CT molecular complexity index is 1060. The zero-order valence-corrected chi connectivity index (χ0v) is 13.2. The molecule has 0 saturated heterocycles. The summed E-state index contributed by atoms with van der Waals surface area (Å²) < 4.78 is 40.6. The third kappa shape index (κ3) is 2.79. The number of H-pyrrole nitrogens is 1. The van der Waals surface area contributed by atoms with Crippen molar-refractivity contribution in [3.8, 4) is 11.3 Å². The predicted molar refractivity (Wildman–Crippen MR) is 84.9 cm³/mol. The fourth-order valence-corrected chi connectivity index (χ4v) is 2.72. The SMILES string of the molecule is Cc1ccc(-c2cn3cc(C(=O)O)c(C(F)(F)F)c3c(=O)[nH]2)cc1C. The highest BCUT2D eigenvalue weighted by atomic mass is 19.4. The molecule has 0 unspecified atom stereocenters. The molecular weight excluding hydrogens is 337 g/mol. The van der Waals surface area contributed by atoms with Crippen molar-refractivity contribution < 1.29 is 23.1 Å². The second-order valence-corrected chi connectivity index (χ2v) is 5.77. The Morgan fingerprint density at radius 3 is 2.40 bits per heavy atom. The molecule has 25 heavy (non-hydrogen) atoms. The van der Waals surface area contributed by atoms with Gasteiger partial charge in [-0.2, -0.15) is 13.2 Å². The van der Waals surface area contributed by atoms with Gasteiger partial charge in [0.1, 0.15) is 11.1 Å². The summed E-state index contributed by atoms with van der Waals surface area (Å²) in [5.74, 6) is -1.75. The Balaban J connectivity index is 2.33. The van der Waals surface area contributed by atoms with E-state index in [-0.39, 0.29) is 0 Å². The van der Waals surface area contributed by atoms with Gasteiger partial charge in [-0.05, 0) is 36.6 Å². The highest BCUT2D eigenvalue weighted by Gasteiger charge is 2.40. The summed E-state index contributed by atoms with van der Waals surface area (Å²) in [6.07, 6.45) is -2.87. The number of aryl methyl sites for hydroxylation is 2. The normalized spacial score (nSPS) is 11.9. The van der Waals surface area contributed by atoms with Crippen LogP contribution in [0.1, 0.15) is 27.0 Å². The molecule has 0 saturated carbocycles. The zero-order chi connectivity index (χ0) is 18.5. The third-order valence-electron chi connectivity index (χ3n) is 4.10. The van der Waals surface area contributed by atoms with Gasteiger partial charge in [-0.1, -0.05) is 12.1 Å². The molecule has 130 valence electrons. The van der Waals surface area contributed by atoms with E-state index in [4.69, 9.17) is 5.11 Å². The van der Waals surface area contributed by atoms with Gasteiger partial charge in [0, 0.05) is 12.4 Å². The van der Waals surface area contributed by atoms with Crippen LogP contribution in [0.2, 0.25) is 0 Å². The fourth-order valence-electron chi connectivity index (χ4n) is 2.72. The van der Waals surface area contributed by atoms with E-state index in [9.17, 15) is 22.8 Å². The minimum Gasteiger partial charge on any atom is -0.478 e. The molecule has 0 atom stereocenters. The number of aromatic amines is 1. The summed E-state index contributed by atoms with van der Waals surface area (Å²) in [6, 6.07) is 5.34. The molecule has 2 N–H and O–H groups in total. The molecule has 1 aromatic carbocycles. The van der Waals surface area contributed by atoms with E-state index < -0.39 is 34.3 Å². The lowest BCUT2D eigenvalue weighted by Crippen LogP contribution is -2.17. The number of carboxylic acid groups (broad SMARTS) is 1. The molecule has 0 fully saturated rings. The highest BCUT2D eigenvalue weighted by Crippen LogP contribution is 2.35. The van der Waals surface area contributed by atoms with E-state index in [0.29, 0.717) is 11.3 Å². The Kier molecular flexibility index (Phi) is 3.70. The van der Waals surface area contributed by atoms with Crippen molar-refractivity contribution in [3.05, 3.63) is 63.2 Å². The van der Waals surface area contributed by atoms with Gasteiger partial charge in [0.25, 0.3) is 5.56 Å². The molecule has 0 aliphatic carbocycles. The van der Waals surface area contributed by atoms with Gasteiger partial charge in [0.15, 0.2) is 0 Å². The van der Waals surface area contributed by atoms with E-state index in [1.165, 1.54) is 6.20 Å². The number of benzene rings is 1. The monoisotopic (exact) mass is 350 g/mol. The smallest absolute Gasteiger partial charge is 0.419 e. The maximum Gasteiger partial charge on any atom is 0.419 e. The lowest BCUT2D eigenvalue weighted by atomic mass is 10.0. The quantitative estimate of drug-likeness (QED) is 0.741. The van der Waals surface area contributed by atoms with Crippen molar-refractivity contribution in [1.82, 2.24) is 9.38 Å². The van der Waals surface area contributed by atoms with Gasteiger partial charge < -0.3 is 14.5 Å². The molecule has 8 heteroatoms. The van der Waals surface area contributed by atoms with Gasteiger partial charge in [-0.3, -0.25) is 4.79 Å². The van der Waals surface area contributed by atoms with Crippen LogP contribution in [0.3, 0.4) is 0 Å². The molecule has 2 heterocycles. The first kappa shape index (κ1) is 16.8. The fraction of sp³-hybridized carbons (Fsp3) is 0.176. The molecule has 0 aliphatic heterocycles. The standard InChI is InChI=1S/C17H13F3N2O3/c1-8-3-4-10(5-9(8)2)12-7-22-6-11(16(24)25)13(17(18,19)20)14(22)15(23)21-12/h3-7H,1-2H3,(H,21,23)(H,24,25). The van der Waals surface area contributed by atoms with Gasteiger partial charge in [-0.25, -0.2) is 4.79 Å². The number of hydrogen-bond acceptors (Lipinski definition) is 2. The third-order valence-corrected chi connectivity index (χ3v) is 4.10. The number of aromatic carboxylic acids is 1. The Morgan fingerprint density at radius 2 is 1.84 bits per heavy atom. The summed E-state index contributed by atoms with van der Waals surface area (Å²) in [6.45, 7) is 3.78. The Labute approximate surface area is 139 Å². The number of halogens is 3. The van der Waals surface area contributed by atoms with Crippen LogP contribution in [-0.2, 0) is 6.18 Å². The molecule has 0 radical (unpaired) electrons. The van der Waals surface area contributed by atoms with Gasteiger partial charge >= 0.3 is 12.1 Å². The first-order valence-electron chi connectivity index (χ1n) is 7.25. The molecule has 0 aliphatic rings. The number of alkyl halides is 3. The average molecular weight is 350 g/mol. The molecule has 3 aromatic rings. The van der Waals surface area contributed by atoms with E-state index >= 15 is 0 Å². The largest absolute Gasteiger partial charge is 0.478 e. The van der Waals surface area contributed by atoms with Crippen molar-refractivity contribution in [3.63, 3.8) is 0 Å². The number of aromatic nitrogens is 2. The minimum atomic E-state index is -4.96. The molecule has 0 amide bonds. The van der Waals surface area contributed by atoms with Gasteiger partial charge in [0.05, 0.1) is 11.3 Å². The molecule has 0 bridgehead atoms. The second kappa shape index (κ2) is 5.51. The first-order valence-corrected chi connectivity index (χ1v) is 7.25. The number of nitrogens with one attached hydrogen (secondary N) is 1. The van der Waals surface area contributed by atoms with Gasteiger partial charge in [-0.15, -0.1) is 0 Å². The van der Waals surface area contributed by atoms with Crippen molar-refractivity contribution in [2.45, 2.75) is 20.0 Å². The number of rotatable bonds is 2. The summed E-state index contributed by atoms with van der Waals surface area (Å²) in [7, 11) is 0. The maximum atomic E-state index is 13.2. The zero-order valence-electron chi connectivity index (χ0n) is 13.2.